The van der Waals surface area contributed by atoms with E-state index in [0.29, 0.717) is 6.42 Å². The first-order valence-corrected chi connectivity index (χ1v) is 17.5. The van der Waals surface area contributed by atoms with Crippen molar-refractivity contribution >= 4 is 23.8 Å². The lowest BCUT2D eigenvalue weighted by molar-refractivity contribution is -0.155. The maximum atomic E-state index is 12.2. The van der Waals surface area contributed by atoms with E-state index in [-0.39, 0.29) is 54.1 Å². The lowest BCUT2D eigenvalue weighted by Gasteiger charge is -2.23. The van der Waals surface area contributed by atoms with Gasteiger partial charge in [0.2, 0.25) is 11.8 Å². The molecule has 0 saturated heterocycles. The summed E-state index contributed by atoms with van der Waals surface area (Å²) in [6.07, 6.45) is 18.7. The number of amides is 2. The van der Waals surface area contributed by atoms with Gasteiger partial charge in [0.05, 0.1) is 12.8 Å². The predicted octanol–water partition coefficient (Wildman–Crippen LogP) is 6.21. The SMILES string of the molecule is CC(C)(C)OC(=O)C[C@@H](CCCC1CCCCC1)c1nc(C(N)=O)no1.NC(=O)c1noc([C@H](CCCC2CCCCC2)CC(=O)O)n1. The molecule has 2 fully saturated rings. The third-order valence-electron chi connectivity index (χ3n) is 9.06. The molecule has 2 heterocycles. The van der Waals surface area contributed by atoms with E-state index < -0.39 is 23.4 Å². The Morgan fingerprint density at radius 2 is 1.17 bits per heavy atom. The van der Waals surface area contributed by atoms with Crippen molar-refractivity contribution in [2.24, 2.45) is 23.3 Å². The highest BCUT2D eigenvalue weighted by molar-refractivity contribution is 5.88. The zero-order chi connectivity index (χ0) is 35.1. The smallest absolute Gasteiger partial charge is 0.307 e. The Morgan fingerprint density at radius 1 is 0.750 bits per heavy atom. The zero-order valence-corrected chi connectivity index (χ0v) is 28.8. The van der Waals surface area contributed by atoms with E-state index in [1.807, 2.05) is 20.8 Å². The summed E-state index contributed by atoms with van der Waals surface area (Å²) in [5.41, 5.74) is 9.74. The Balaban J connectivity index is 0.000000264. The van der Waals surface area contributed by atoms with Crippen molar-refractivity contribution in [3.8, 4) is 0 Å². The molecule has 0 radical (unpaired) electrons. The second-order valence-corrected chi connectivity index (χ2v) is 14.3. The molecule has 0 spiro atoms. The minimum absolute atomic E-state index is 0.0783. The highest BCUT2D eigenvalue weighted by atomic mass is 16.6. The first-order chi connectivity index (χ1) is 22.8. The fourth-order valence-electron chi connectivity index (χ4n) is 6.68. The van der Waals surface area contributed by atoms with Crippen LogP contribution in [0.4, 0.5) is 0 Å². The average molecular weight is 675 g/mol. The second-order valence-electron chi connectivity index (χ2n) is 14.3. The summed E-state index contributed by atoms with van der Waals surface area (Å²) in [6.45, 7) is 5.50. The van der Waals surface area contributed by atoms with Crippen LogP contribution < -0.4 is 11.5 Å². The molecule has 2 amide bonds. The number of aliphatic carboxylic acids is 1. The van der Waals surface area contributed by atoms with Gasteiger partial charge in [-0.1, -0.05) is 100 Å². The maximum absolute atomic E-state index is 12.2. The Labute approximate surface area is 282 Å². The number of aromatic nitrogens is 4. The highest BCUT2D eigenvalue weighted by Gasteiger charge is 2.27. The normalized spacial score (nSPS) is 17.1. The Morgan fingerprint density at radius 3 is 1.52 bits per heavy atom. The van der Waals surface area contributed by atoms with Crippen LogP contribution in [-0.2, 0) is 14.3 Å². The number of hydrogen-bond acceptors (Lipinski definition) is 11. The van der Waals surface area contributed by atoms with Crippen molar-refractivity contribution in [1.29, 1.82) is 0 Å². The zero-order valence-electron chi connectivity index (χ0n) is 28.8. The molecule has 2 aliphatic carbocycles. The fraction of sp³-hybridized carbons (Fsp3) is 0.765. The fourth-order valence-corrected chi connectivity index (χ4v) is 6.68. The van der Waals surface area contributed by atoms with Crippen LogP contribution in [0.5, 0.6) is 0 Å². The summed E-state index contributed by atoms with van der Waals surface area (Å²) in [6, 6.07) is 0. The van der Waals surface area contributed by atoms with Crippen LogP contribution in [0.3, 0.4) is 0 Å². The lowest BCUT2D eigenvalue weighted by atomic mass is 9.84. The lowest BCUT2D eigenvalue weighted by Crippen LogP contribution is -2.25. The molecular weight excluding hydrogens is 620 g/mol. The number of carboxylic acid groups (broad SMARTS) is 1. The molecule has 0 bridgehead atoms. The first-order valence-electron chi connectivity index (χ1n) is 17.5. The van der Waals surface area contributed by atoms with Crippen molar-refractivity contribution in [2.75, 3.05) is 0 Å². The number of ether oxygens (including phenoxy) is 1. The van der Waals surface area contributed by atoms with E-state index in [9.17, 15) is 19.2 Å². The van der Waals surface area contributed by atoms with Gasteiger partial charge in [-0.15, -0.1) is 0 Å². The van der Waals surface area contributed by atoms with Gasteiger partial charge in [0.1, 0.15) is 5.60 Å². The van der Waals surface area contributed by atoms with Gasteiger partial charge in [-0.25, -0.2) is 0 Å². The molecule has 2 atom stereocenters. The monoisotopic (exact) mass is 674 g/mol. The van der Waals surface area contributed by atoms with E-state index in [0.717, 1.165) is 43.9 Å². The van der Waals surface area contributed by atoms with Gasteiger partial charge >= 0.3 is 11.9 Å². The molecular formula is C34H54N6O8. The van der Waals surface area contributed by atoms with E-state index in [2.05, 4.69) is 20.3 Å². The Hall–Kier alpha value is -3.84. The minimum Gasteiger partial charge on any atom is -0.481 e. The van der Waals surface area contributed by atoms with Crippen LogP contribution >= 0.6 is 0 Å². The summed E-state index contributed by atoms with van der Waals surface area (Å²) in [5.74, 6) is -1.69. The molecule has 0 unspecified atom stereocenters. The number of hydrogen-bond donors (Lipinski definition) is 3. The van der Waals surface area contributed by atoms with E-state index in [1.54, 1.807) is 0 Å². The number of esters is 1. The number of carbonyl (C=O) groups is 4. The van der Waals surface area contributed by atoms with Crippen LogP contribution in [0.25, 0.3) is 0 Å². The number of carbonyl (C=O) groups excluding carboxylic acids is 3. The number of primary amides is 2. The van der Waals surface area contributed by atoms with Crippen molar-refractivity contribution in [3.05, 3.63) is 23.4 Å². The summed E-state index contributed by atoms with van der Waals surface area (Å²) < 4.78 is 15.6. The van der Waals surface area contributed by atoms with Gasteiger partial charge in [0.15, 0.2) is 0 Å². The molecule has 5 N–H and O–H groups in total. The third kappa shape index (κ3) is 14.1. The molecule has 2 aromatic rings. The number of nitrogens with two attached hydrogens (primary N) is 2. The van der Waals surface area contributed by atoms with Crippen LogP contribution in [-0.4, -0.2) is 54.7 Å². The van der Waals surface area contributed by atoms with Crippen molar-refractivity contribution in [3.63, 3.8) is 0 Å². The molecule has 2 saturated carbocycles. The predicted molar refractivity (Wildman–Crippen MR) is 175 cm³/mol. The number of rotatable bonds is 16. The molecule has 2 aromatic heterocycles. The van der Waals surface area contributed by atoms with Gasteiger partial charge in [0.25, 0.3) is 23.5 Å². The van der Waals surface area contributed by atoms with Gasteiger partial charge in [0, 0.05) is 11.8 Å². The van der Waals surface area contributed by atoms with Gasteiger partial charge < -0.3 is 30.4 Å². The van der Waals surface area contributed by atoms with Crippen molar-refractivity contribution in [1.82, 2.24) is 20.3 Å². The van der Waals surface area contributed by atoms with E-state index >= 15 is 0 Å². The molecule has 268 valence electrons. The quantitative estimate of drug-likeness (QED) is 0.169. The van der Waals surface area contributed by atoms with Crippen molar-refractivity contribution < 1.29 is 38.1 Å². The summed E-state index contributed by atoms with van der Waals surface area (Å²) in [7, 11) is 0. The Kier molecular flexibility index (Phi) is 15.5. The Bertz CT molecular complexity index is 1310. The van der Waals surface area contributed by atoms with Crippen molar-refractivity contribution in [2.45, 2.75) is 154 Å². The molecule has 0 aliphatic heterocycles. The third-order valence-corrected chi connectivity index (χ3v) is 9.06. The molecule has 14 heteroatoms. The van der Waals surface area contributed by atoms with Gasteiger partial charge in [-0.3, -0.25) is 19.2 Å². The number of nitrogens with zero attached hydrogens (tertiary/aromatic N) is 4. The van der Waals surface area contributed by atoms with Gasteiger partial charge in [-0.05, 0) is 45.4 Å². The molecule has 2 aliphatic rings. The average Bonchev–Trinajstić information content (AvgIpc) is 3.72. The molecule has 48 heavy (non-hydrogen) atoms. The van der Waals surface area contributed by atoms with Crippen LogP contribution in [0.2, 0.25) is 0 Å². The standard InChI is InChI=1S/C19H31N3O4.C15H23N3O4/c1-19(2,3)25-15(23)12-14(18-21-17(16(20)24)22-26-18)11-7-10-13-8-5-4-6-9-13;16-13(21)14-17-15(22-18-14)11(9-12(19)20)8-4-7-10-5-2-1-3-6-10/h13-14H,4-12H2,1-3H3,(H2,20,24);10-11H,1-9H2,(H2,16,21)(H,19,20)/t14-;11-/m11/s1. The topological polar surface area (TPSA) is 228 Å². The second kappa shape index (κ2) is 19.2. The van der Waals surface area contributed by atoms with E-state index in [4.69, 9.17) is 30.4 Å². The largest absolute Gasteiger partial charge is 0.481 e. The molecule has 4 rings (SSSR count). The number of carboxylic acids is 1. The maximum Gasteiger partial charge on any atom is 0.307 e. The first kappa shape index (κ1) is 38.6. The summed E-state index contributed by atoms with van der Waals surface area (Å²) >= 11 is 0. The van der Waals surface area contributed by atoms with Crippen LogP contribution in [0.1, 0.15) is 181 Å². The van der Waals surface area contributed by atoms with Crippen LogP contribution in [0.15, 0.2) is 9.05 Å². The molecule has 0 aromatic carbocycles. The minimum atomic E-state index is -0.915. The van der Waals surface area contributed by atoms with Gasteiger partial charge in [-0.2, -0.15) is 9.97 Å². The summed E-state index contributed by atoms with van der Waals surface area (Å²) in [4.78, 5) is 53.4. The highest BCUT2D eigenvalue weighted by Crippen LogP contribution is 2.32. The summed E-state index contributed by atoms with van der Waals surface area (Å²) in [5, 5.41) is 16.1. The van der Waals surface area contributed by atoms with Crippen LogP contribution in [0, 0.1) is 11.8 Å². The van der Waals surface area contributed by atoms with E-state index in [1.165, 1.54) is 64.2 Å². The molecule has 14 nitrogen and oxygen atoms in total.